The van der Waals surface area contributed by atoms with Crippen LogP contribution in [0.25, 0.3) is 0 Å². The SMILES string of the molecule is CCN(c1ccccc1)c1ncnc(NNc2ccccc2)c1N. The molecule has 0 aliphatic carbocycles. The highest BCUT2D eigenvalue weighted by Gasteiger charge is 2.15. The number of aromatic nitrogens is 2. The van der Waals surface area contributed by atoms with E-state index in [1.165, 1.54) is 6.33 Å². The summed E-state index contributed by atoms with van der Waals surface area (Å²) in [6.07, 6.45) is 1.51. The monoisotopic (exact) mass is 320 g/mol. The first-order valence-electron chi connectivity index (χ1n) is 7.79. The highest BCUT2D eigenvalue weighted by atomic mass is 15.4. The first kappa shape index (κ1) is 15.6. The number of para-hydroxylation sites is 2. The summed E-state index contributed by atoms with van der Waals surface area (Å²) in [4.78, 5) is 10.6. The third kappa shape index (κ3) is 3.38. The van der Waals surface area contributed by atoms with Crippen LogP contribution in [-0.4, -0.2) is 16.5 Å². The van der Waals surface area contributed by atoms with Crippen molar-refractivity contribution in [1.29, 1.82) is 0 Å². The third-order valence-corrected chi connectivity index (χ3v) is 3.60. The lowest BCUT2D eigenvalue weighted by Crippen LogP contribution is -2.21. The van der Waals surface area contributed by atoms with Gasteiger partial charge in [0.25, 0.3) is 0 Å². The number of nitrogen functional groups attached to an aromatic ring is 1. The molecule has 4 N–H and O–H groups in total. The maximum Gasteiger partial charge on any atom is 0.173 e. The Labute approximate surface area is 141 Å². The van der Waals surface area contributed by atoms with Crippen LogP contribution in [0.15, 0.2) is 67.0 Å². The van der Waals surface area contributed by atoms with Gasteiger partial charge in [-0.3, -0.25) is 10.9 Å². The van der Waals surface area contributed by atoms with E-state index < -0.39 is 0 Å². The predicted octanol–water partition coefficient (Wildman–Crippen LogP) is 3.66. The number of hydrogen-bond donors (Lipinski definition) is 3. The van der Waals surface area contributed by atoms with E-state index in [1.807, 2.05) is 65.6 Å². The molecule has 2 aromatic carbocycles. The zero-order valence-electron chi connectivity index (χ0n) is 13.5. The van der Waals surface area contributed by atoms with Crippen LogP contribution in [0, 0.1) is 0 Å². The van der Waals surface area contributed by atoms with Gasteiger partial charge in [-0.15, -0.1) is 0 Å². The van der Waals surface area contributed by atoms with Crippen molar-refractivity contribution in [3.8, 4) is 0 Å². The van der Waals surface area contributed by atoms with Gasteiger partial charge >= 0.3 is 0 Å². The number of nitrogens with one attached hydrogen (secondary N) is 2. The minimum Gasteiger partial charge on any atom is -0.393 e. The van der Waals surface area contributed by atoms with Crippen molar-refractivity contribution >= 4 is 28.7 Å². The van der Waals surface area contributed by atoms with Crippen LogP contribution in [0.4, 0.5) is 28.7 Å². The van der Waals surface area contributed by atoms with Crippen LogP contribution in [-0.2, 0) is 0 Å². The Bertz CT molecular complexity index is 776. The van der Waals surface area contributed by atoms with Crippen LogP contribution in [0.2, 0.25) is 0 Å². The molecule has 1 aromatic heterocycles. The largest absolute Gasteiger partial charge is 0.393 e. The number of benzene rings is 2. The average molecular weight is 320 g/mol. The van der Waals surface area contributed by atoms with E-state index in [0.29, 0.717) is 17.3 Å². The van der Waals surface area contributed by atoms with Gasteiger partial charge in [0.15, 0.2) is 11.6 Å². The molecule has 0 spiro atoms. The Morgan fingerprint density at radius 2 is 1.58 bits per heavy atom. The van der Waals surface area contributed by atoms with E-state index >= 15 is 0 Å². The first-order valence-corrected chi connectivity index (χ1v) is 7.79. The lowest BCUT2D eigenvalue weighted by Gasteiger charge is -2.24. The fraction of sp³-hybridized carbons (Fsp3) is 0.111. The van der Waals surface area contributed by atoms with Gasteiger partial charge in [0.1, 0.15) is 12.0 Å². The smallest absolute Gasteiger partial charge is 0.173 e. The maximum atomic E-state index is 6.29. The average Bonchev–Trinajstić information content (AvgIpc) is 2.64. The fourth-order valence-corrected chi connectivity index (χ4v) is 2.42. The van der Waals surface area contributed by atoms with Crippen LogP contribution < -0.4 is 21.5 Å². The van der Waals surface area contributed by atoms with Crippen molar-refractivity contribution in [3.63, 3.8) is 0 Å². The number of nitrogens with two attached hydrogens (primary N) is 1. The first-order chi connectivity index (χ1) is 11.8. The molecule has 0 aliphatic heterocycles. The second-order valence-electron chi connectivity index (χ2n) is 5.16. The lowest BCUT2D eigenvalue weighted by molar-refractivity contribution is 0.979. The summed E-state index contributed by atoms with van der Waals surface area (Å²) in [6.45, 7) is 2.81. The van der Waals surface area contributed by atoms with Gasteiger partial charge in [-0.2, -0.15) is 0 Å². The molecular weight excluding hydrogens is 300 g/mol. The Balaban J connectivity index is 1.85. The van der Waals surface area contributed by atoms with Crippen LogP contribution in [0.3, 0.4) is 0 Å². The van der Waals surface area contributed by atoms with Crippen molar-refractivity contribution in [2.75, 3.05) is 28.0 Å². The molecule has 122 valence electrons. The Morgan fingerprint density at radius 1 is 0.917 bits per heavy atom. The number of hydrazine groups is 1. The molecule has 0 fully saturated rings. The van der Waals surface area contributed by atoms with Crippen LogP contribution in [0.1, 0.15) is 6.92 Å². The van der Waals surface area contributed by atoms with E-state index in [4.69, 9.17) is 5.73 Å². The summed E-state index contributed by atoms with van der Waals surface area (Å²) < 4.78 is 0. The summed E-state index contributed by atoms with van der Waals surface area (Å²) in [5.74, 6) is 1.22. The molecule has 0 bridgehead atoms. The molecule has 6 heteroatoms. The quantitative estimate of drug-likeness (QED) is 0.602. The third-order valence-electron chi connectivity index (χ3n) is 3.60. The number of nitrogens with zero attached hydrogens (tertiary/aromatic N) is 3. The van der Waals surface area contributed by atoms with E-state index in [-0.39, 0.29) is 0 Å². The van der Waals surface area contributed by atoms with Crippen molar-refractivity contribution in [3.05, 3.63) is 67.0 Å². The molecule has 24 heavy (non-hydrogen) atoms. The molecule has 6 nitrogen and oxygen atoms in total. The van der Waals surface area contributed by atoms with Crippen LogP contribution >= 0.6 is 0 Å². The predicted molar refractivity (Wildman–Crippen MR) is 99.3 cm³/mol. The summed E-state index contributed by atoms with van der Waals surface area (Å²) in [5.41, 5.74) is 14.9. The van der Waals surface area contributed by atoms with Crippen molar-refractivity contribution < 1.29 is 0 Å². The molecule has 3 rings (SSSR count). The number of rotatable bonds is 6. The minimum absolute atomic E-state index is 0.492. The van der Waals surface area contributed by atoms with E-state index in [2.05, 4.69) is 27.7 Å². The van der Waals surface area contributed by atoms with Gasteiger partial charge in [-0.25, -0.2) is 9.97 Å². The van der Waals surface area contributed by atoms with Gasteiger partial charge in [-0.1, -0.05) is 36.4 Å². The molecule has 0 radical (unpaired) electrons. The molecule has 0 aliphatic rings. The highest BCUT2D eigenvalue weighted by Crippen LogP contribution is 2.31. The number of anilines is 5. The van der Waals surface area contributed by atoms with Gasteiger partial charge in [0.2, 0.25) is 0 Å². The van der Waals surface area contributed by atoms with Gasteiger partial charge in [0, 0.05) is 12.2 Å². The van der Waals surface area contributed by atoms with E-state index in [9.17, 15) is 0 Å². The van der Waals surface area contributed by atoms with E-state index in [0.717, 1.165) is 17.9 Å². The summed E-state index contributed by atoms with van der Waals surface area (Å²) in [7, 11) is 0. The lowest BCUT2D eigenvalue weighted by atomic mass is 10.2. The highest BCUT2D eigenvalue weighted by molar-refractivity contribution is 5.79. The molecule has 1 heterocycles. The summed E-state index contributed by atoms with van der Waals surface area (Å²) in [5, 5.41) is 0. The van der Waals surface area contributed by atoms with Gasteiger partial charge in [-0.05, 0) is 31.2 Å². The number of hydrogen-bond acceptors (Lipinski definition) is 6. The second kappa shape index (κ2) is 7.32. The van der Waals surface area contributed by atoms with Gasteiger partial charge in [0.05, 0.1) is 5.69 Å². The molecule has 0 saturated carbocycles. The van der Waals surface area contributed by atoms with Crippen molar-refractivity contribution in [1.82, 2.24) is 9.97 Å². The molecule has 0 atom stereocenters. The van der Waals surface area contributed by atoms with Gasteiger partial charge < -0.3 is 10.6 Å². The zero-order valence-corrected chi connectivity index (χ0v) is 13.5. The summed E-state index contributed by atoms with van der Waals surface area (Å²) in [6, 6.07) is 19.8. The van der Waals surface area contributed by atoms with Crippen molar-refractivity contribution in [2.24, 2.45) is 0 Å². The molecule has 0 amide bonds. The molecule has 0 saturated heterocycles. The minimum atomic E-state index is 0.492. The standard InChI is InChI=1S/C18H20N6/c1-2-24(15-11-7-4-8-12-15)18-16(19)17(20-13-21-18)23-22-14-9-5-3-6-10-14/h3-13,22H,2,19H2,1H3,(H,20,21,23). The maximum absolute atomic E-state index is 6.29. The molecule has 0 unspecified atom stereocenters. The Hall–Kier alpha value is -3.28. The van der Waals surface area contributed by atoms with E-state index in [1.54, 1.807) is 0 Å². The normalized spacial score (nSPS) is 10.2. The zero-order chi connectivity index (χ0) is 16.8. The van der Waals surface area contributed by atoms with Crippen LogP contribution in [0.5, 0.6) is 0 Å². The topological polar surface area (TPSA) is 79.1 Å². The molecule has 3 aromatic rings. The fourth-order valence-electron chi connectivity index (χ4n) is 2.42. The van der Waals surface area contributed by atoms with Crippen molar-refractivity contribution in [2.45, 2.75) is 6.92 Å². The molecular formula is C18H20N6. The second-order valence-corrected chi connectivity index (χ2v) is 5.16. The Kier molecular flexibility index (Phi) is 4.76. The summed E-state index contributed by atoms with van der Waals surface area (Å²) >= 11 is 0. The Morgan fingerprint density at radius 3 is 2.25 bits per heavy atom.